The molecule has 0 radical (unpaired) electrons. The summed E-state index contributed by atoms with van der Waals surface area (Å²) in [6, 6.07) is 0.118. The van der Waals surface area contributed by atoms with Crippen LogP contribution in [0.3, 0.4) is 0 Å². The smallest absolute Gasteiger partial charge is 0.151 e. The van der Waals surface area contributed by atoms with Crippen LogP contribution in [0.5, 0.6) is 0 Å². The molecule has 0 unspecified atom stereocenters. The number of hydrogen-bond donors (Lipinski definition) is 0. The van der Waals surface area contributed by atoms with Crippen molar-refractivity contribution in [3.8, 4) is 0 Å². The minimum Gasteiger partial charge on any atom is -0.283 e. The summed E-state index contributed by atoms with van der Waals surface area (Å²) in [5.74, 6) is 0.580. The lowest BCUT2D eigenvalue weighted by molar-refractivity contribution is 0.198. The van der Waals surface area contributed by atoms with E-state index in [1.54, 1.807) is 10.9 Å². The molecule has 1 aliphatic heterocycles. The van der Waals surface area contributed by atoms with Gasteiger partial charge in [0, 0.05) is 12.2 Å². The Morgan fingerprint density at radius 3 is 2.94 bits per heavy atom. The first-order valence-corrected chi connectivity index (χ1v) is 7.66. The van der Waals surface area contributed by atoms with E-state index in [1.165, 1.54) is 0 Å². The Labute approximate surface area is 103 Å². The van der Waals surface area contributed by atoms with Gasteiger partial charge >= 0.3 is 0 Å². The molecule has 0 spiro atoms. The van der Waals surface area contributed by atoms with E-state index >= 15 is 0 Å². The lowest BCUT2D eigenvalue weighted by Gasteiger charge is -2.22. The summed E-state index contributed by atoms with van der Waals surface area (Å²) >= 11 is 3.33. The molecule has 2 heterocycles. The Hall–Kier alpha value is -0.400. The van der Waals surface area contributed by atoms with Gasteiger partial charge in [-0.25, -0.2) is 8.42 Å². The predicted molar refractivity (Wildman–Crippen MR) is 64.7 cm³/mol. The highest BCUT2D eigenvalue weighted by Crippen LogP contribution is 2.17. The summed E-state index contributed by atoms with van der Waals surface area (Å²) in [6.45, 7) is 0.617. The summed E-state index contributed by atoms with van der Waals surface area (Å²) < 4.78 is 25.4. The second kappa shape index (κ2) is 4.46. The average molecular weight is 308 g/mol. The number of aromatic nitrogens is 2. The first-order valence-electron chi connectivity index (χ1n) is 5.05. The molecule has 16 heavy (non-hydrogen) atoms. The largest absolute Gasteiger partial charge is 0.283 e. The normalized spacial score (nSPS) is 24.1. The van der Waals surface area contributed by atoms with Crippen molar-refractivity contribution in [3.63, 3.8) is 0 Å². The predicted octanol–water partition coefficient (Wildman–Crippen LogP) is 0.722. The molecule has 1 aromatic rings. The molecule has 5 nitrogen and oxygen atoms in total. The molecular formula is C9H14BrN3O2S. The fourth-order valence-electron chi connectivity index (χ4n) is 1.88. The maximum absolute atomic E-state index is 11.3. The Morgan fingerprint density at radius 2 is 2.44 bits per heavy atom. The first-order chi connectivity index (χ1) is 7.46. The maximum Gasteiger partial charge on any atom is 0.151 e. The summed E-state index contributed by atoms with van der Waals surface area (Å²) in [5, 5.41) is 4.14. The first kappa shape index (κ1) is 12.1. The Kier molecular flexibility index (Phi) is 3.37. The topological polar surface area (TPSA) is 55.2 Å². The number of rotatable bonds is 3. The van der Waals surface area contributed by atoms with Crippen LogP contribution in [0.4, 0.5) is 0 Å². The fourth-order valence-corrected chi connectivity index (χ4v) is 4.02. The van der Waals surface area contributed by atoms with Crippen LogP contribution in [0, 0.1) is 0 Å². The van der Waals surface area contributed by atoms with Crippen molar-refractivity contribution in [2.75, 3.05) is 18.6 Å². The lowest BCUT2D eigenvalue weighted by atomic mass is 10.2. The monoisotopic (exact) mass is 307 g/mol. The average Bonchev–Trinajstić information content (AvgIpc) is 2.72. The highest BCUT2D eigenvalue weighted by molar-refractivity contribution is 9.10. The SMILES string of the molecule is CN(Cn1cc(Br)cn1)[C@@H]1CCS(=O)(=O)C1. The second-order valence-electron chi connectivity index (χ2n) is 4.15. The minimum atomic E-state index is -2.81. The summed E-state index contributed by atoms with van der Waals surface area (Å²) in [4.78, 5) is 2.03. The molecule has 0 saturated carbocycles. The minimum absolute atomic E-state index is 0.118. The summed E-state index contributed by atoms with van der Waals surface area (Å²) in [7, 11) is -0.877. The lowest BCUT2D eigenvalue weighted by Crippen LogP contribution is -2.34. The third-order valence-corrected chi connectivity index (χ3v) is 4.96. The zero-order valence-electron chi connectivity index (χ0n) is 9.00. The van der Waals surface area contributed by atoms with Crippen LogP contribution in [0.2, 0.25) is 0 Å². The highest BCUT2D eigenvalue weighted by Gasteiger charge is 2.30. The standard InChI is InChI=1S/C9H14BrN3O2S/c1-12(7-13-5-8(10)4-11-13)9-2-3-16(14,15)6-9/h4-5,9H,2-3,6-7H2,1H3/t9-/m1/s1. The number of nitrogens with zero attached hydrogens (tertiary/aromatic N) is 3. The number of sulfone groups is 1. The third-order valence-electron chi connectivity index (χ3n) is 2.80. The summed E-state index contributed by atoms with van der Waals surface area (Å²) in [6.07, 6.45) is 4.32. The molecule has 1 aliphatic rings. The van der Waals surface area contributed by atoms with Crippen LogP contribution in [0.1, 0.15) is 6.42 Å². The van der Waals surface area contributed by atoms with Crippen molar-refractivity contribution >= 4 is 25.8 Å². The highest BCUT2D eigenvalue weighted by atomic mass is 79.9. The van der Waals surface area contributed by atoms with Gasteiger partial charge in [-0.2, -0.15) is 5.10 Å². The zero-order chi connectivity index (χ0) is 11.8. The van der Waals surface area contributed by atoms with Gasteiger partial charge in [0.15, 0.2) is 9.84 Å². The van der Waals surface area contributed by atoms with Crippen molar-refractivity contribution in [1.82, 2.24) is 14.7 Å². The molecule has 0 N–H and O–H groups in total. The van der Waals surface area contributed by atoms with Crippen LogP contribution in [-0.4, -0.2) is 47.7 Å². The van der Waals surface area contributed by atoms with Gasteiger partial charge in [0.05, 0.1) is 28.8 Å². The van der Waals surface area contributed by atoms with E-state index in [4.69, 9.17) is 0 Å². The van der Waals surface area contributed by atoms with Crippen LogP contribution < -0.4 is 0 Å². The van der Waals surface area contributed by atoms with Crippen LogP contribution in [0.15, 0.2) is 16.9 Å². The van der Waals surface area contributed by atoms with E-state index in [0.717, 1.165) is 10.9 Å². The van der Waals surface area contributed by atoms with Gasteiger partial charge in [-0.15, -0.1) is 0 Å². The molecule has 90 valence electrons. The number of hydrogen-bond acceptors (Lipinski definition) is 4. The molecule has 0 aromatic carbocycles. The van der Waals surface area contributed by atoms with E-state index in [0.29, 0.717) is 12.4 Å². The van der Waals surface area contributed by atoms with Crippen molar-refractivity contribution in [1.29, 1.82) is 0 Å². The van der Waals surface area contributed by atoms with E-state index in [2.05, 4.69) is 21.0 Å². The molecule has 2 rings (SSSR count). The maximum atomic E-state index is 11.3. The van der Waals surface area contributed by atoms with Gasteiger partial charge in [0.25, 0.3) is 0 Å². The van der Waals surface area contributed by atoms with E-state index in [1.807, 2.05) is 18.1 Å². The van der Waals surface area contributed by atoms with Gasteiger partial charge in [-0.3, -0.25) is 9.58 Å². The number of halogens is 1. The Balaban J connectivity index is 1.96. The van der Waals surface area contributed by atoms with Crippen molar-refractivity contribution in [3.05, 3.63) is 16.9 Å². The fraction of sp³-hybridized carbons (Fsp3) is 0.667. The van der Waals surface area contributed by atoms with Gasteiger partial charge in [-0.05, 0) is 29.4 Å². The van der Waals surface area contributed by atoms with E-state index in [-0.39, 0.29) is 11.8 Å². The molecule has 1 atom stereocenters. The van der Waals surface area contributed by atoms with Crippen molar-refractivity contribution < 1.29 is 8.42 Å². The van der Waals surface area contributed by atoms with Gasteiger partial charge < -0.3 is 0 Å². The molecular weight excluding hydrogens is 294 g/mol. The van der Waals surface area contributed by atoms with Crippen molar-refractivity contribution in [2.24, 2.45) is 0 Å². The third kappa shape index (κ3) is 2.83. The second-order valence-corrected chi connectivity index (χ2v) is 7.30. The Bertz CT molecular complexity index is 471. The zero-order valence-corrected chi connectivity index (χ0v) is 11.4. The van der Waals surface area contributed by atoms with Crippen LogP contribution in [-0.2, 0) is 16.5 Å². The summed E-state index contributed by atoms with van der Waals surface area (Å²) in [5.41, 5.74) is 0. The molecule has 1 aromatic heterocycles. The molecule has 7 heteroatoms. The molecule has 0 aliphatic carbocycles. The molecule has 1 saturated heterocycles. The van der Waals surface area contributed by atoms with Gasteiger partial charge in [0.2, 0.25) is 0 Å². The van der Waals surface area contributed by atoms with E-state index in [9.17, 15) is 8.42 Å². The van der Waals surface area contributed by atoms with E-state index < -0.39 is 9.84 Å². The quantitative estimate of drug-likeness (QED) is 0.826. The van der Waals surface area contributed by atoms with Crippen molar-refractivity contribution in [2.45, 2.75) is 19.1 Å². The van der Waals surface area contributed by atoms with Crippen LogP contribution in [0.25, 0.3) is 0 Å². The molecule has 0 bridgehead atoms. The Morgan fingerprint density at radius 1 is 1.69 bits per heavy atom. The molecule has 0 amide bonds. The van der Waals surface area contributed by atoms with Gasteiger partial charge in [0.1, 0.15) is 0 Å². The molecule has 1 fully saturated rings. The van der Waals surface area contributed by atoms with Crippen LogP contribution >= 0.6 is 15.9 Å². The van der Waals surface area contributed by atoms with Gasteiger partial charge in [-0.1, -0.05) is 0 Å².